The first-order chi connectivity index (χ1) is 16.8. The molecule has 0 saturated carbocycles. The van der Waals surface area contributed by atoms with Gasteiger partial charge in [-0.1, -0.05) is 42.5 Å². The number of amides is 1. The third-order valence-electron chi connectivity index (χ3n) is 5.23. The van der Waals surface area contributed by atoms with Crippen molar-refractivity contribution in [2.45, 2.75) is 12.8 Å². The van der Waals surface area contributed by atoms with Crippen LogP contribution in [0.2, 0.25) is 0 Å². The molecule has 4 aromatic rings. The quantitative estimate of drug-likeness (QED) is 0.254. The van der Waals surface area contributed by atoms with Gasteiger partial charge in [-0.2, -0.15) is 18.3 Å². The van der Waals surface area contributed by atoms with Crippen molar-refractivity contribution >= 4 is 22.9 Å². The molecule has 0 spiro atoms. The molecular formula is C27H21F3N2O3. The summed E-state index contributed by atoms with van der Waals surface area (Å²) in [7, 11) is 1.51. The number of halogens is 3. The minimum absolute atomic E-state index is 0.146. The van der Waals surface area contributed by atoms with E-state index < -0.39 is 17.6 Å². The van der Waals surface area contributed by atoms with E-state index in [0.29, 0.717) is 23.7 Å². The van der Waals surface area contributed by atoms with Crippen LogP contribution < -0.4 is 14.9 Å². The molecule has 0 aliphatic heterocycles. The van der Waals surface area contributed by atoms with E-state index in [1.165, 1.54) is 25.5 Å². The van der Waals surface area contributed by atoms with Crippen LogP contribution in [0.5, 0.6) is 11.5 Å². The van der Waals surface area contributed by atoms with Crippen LogP contribution in [0.25, 0.3) is 10.8 Å². The Labute approximate surface area is 199 Å². The first kappa shape index (κ1) is 23.8. The normalized spacial score (nSPS) is 11.5. The van der Waals surface area contributed by atoms with Crippen molar-refractivity contribution in [3.63, 3.8) is 0 Å². The molecule has 0 unspecified atom stereocenters. The van der Waals surface area contributed by atoms with Gasteiger partial charge < -0.3 is 9.47 Å². The lowest BCUT2D eigenvalue weighted by Crippen LogP contribution is -2.18. The summed E-state index contributed by atoms with van der Waals surface area (Å²) in [6.07, 6.45) is -3.17. The summed E-state index contributed by atoms with van der Waals surface area (Å²) in [6, 6.07) is 23.4. The van der Waals surface area contributed by atoms with Crippen molar-refractivity contribution in [3.8, 4) is 11.5 Å². The Morgan fingerprint density at radius 3 is 2.49 bits per heavy atom. The SMILES string of the molecule is COc1cc(/C=N\NC(=O)c2cccc(C(F)(F)F)c2)ccc1OCc1ccc2ccccc2c1. The van der Waals surface area contributed by atoms with Gasteiger partial charge in [-0.15, -0.1) is 0 Å². The zero-order chi connectivity index (χ0) is 24.8. The van der Waals surface area contributed by atoms with Crippen molar-refractivity contribution in [1.29, 1.82) is 0 Å². The van der Waals surface area contributed by atoms with E-state index >= 15 is 0 Å². The summed E-state index contributed by atoms with van der Waals surface area (Å²) >= 11 is 0. The van der Waals surface area contributed by atoms with Crippen molar-refractivity contribution in [3.05, 3.63) is 107 Å². The Hall–Kier alpha value is -4.33. The molecule has 0 aromatic heterocycles. The van der Waals surface area contributed by atoms with Gasteiger partial charge in [-0.25, -0.2) is 5.43 Å². The zero-order valence-electron chi connectivity index (χ0n) is 18.7. The lowest BCUT2D eigenvalue weighted by atomic mass is 10.1. The number of carbonyl (C=O) groups is 1. The van der Waals surface area contributed by atoms with Crippen molar-refractivity contribution in [2.24, 2.45) is 5.10 Å². The summed E-state index contributed by atoms with van der Waals surface area (Å²) in [4.78, 5) is 12.2. The molecule has 5 nitrogen and oxygen atoms in total. The molecule has 35 heavy (non-hydrogen) atoms. The van der Waals surface area contributed by atoms with Gasteiger partial charge in [0, 0.05) is 5.56 Å². The number of ether oxygens (including phenoxy) is 2. The Balaban J connectivity index is 1.40. The van der Waals surface area contributed by atoms with E-state index in [1.54, 1.807) is 18.2 Å². The molecule has 0 saturated heterocycles. The predicted molar refractivity (Wildman–Crippen MR) is 128 cm³/mol. The largest absolute Gasteiger partial charge is 0.493 e. The lowest BCUT2D eigenvalue weighted by molar-refractivity contribution is -0.137. The maximum atomic E-state index is 12.8. The van der Waals surface area contributed by atoms with Gasteiger partial charge in [0.05, 0.1) is 18.9 Å². The van der Waals surface area contributed by atoms with Gasteiger partial charge in [0.15, 0.2) is 11.5 Å². The van der Waals surface area contributed by atoms with Crippen LogP contribution in [-0.4, -0.2) is 19.2 Å². The van der Waals surface area contributed by atoms with Crippen molar-refractivity contribution in [1.82, 2.24) is 5.43 Å². The second-order valence-corrected chi connectivity index (χ2v) is 7.66. The number of hydrazone groups is 1. The molecule has 0 bridgehead atoms. The molecule has 1 amide bonds. The van der Waals surface area contributed by atoms with E-state index in [9.17, 15) is 18.0 Å². The maximum absolute atomic E-state index is 12.8. The minimum Gasteiger partial charge on any atom is -0.493 e. The molecule has 0 aliphatic rings. The number of alkyl halides is 3. The summed E-state index contributed by atoms with van der Waals surface area (Å²) in [6.45, 7) is 0.349. The fraction of sp³-hybridized carbons (Fsp3) is 0.111. The Morgan fingerprint density at radius 2 is 1.71 bits per heavy atom. The fourth-order valence-corrected chi connectivity index (χ4v) is 3.44. The topological polar surface area (TPSA) is 59.9 Å². The van der Waals surface area contributed by atoms with Crippen molar-refractivity contribution in [2.75, 3.05) is 7.11 Å². The minimum atomic E-state index is -4.53. The lowest BCUT2D eigenvalue weighted by Gasteiger charge is -2.12. The number of methoxy groups -OCH3 is 1. The Bertz CT molecular complexity index is 1380. The van der Waals surface area contributed by atoms with E-state index in [2.05, 4.69) is 16.6 Å². The second-order valence-electron chi connectivity index (χ2n) is 7.66. The molecule has 0 atom stereocenters. The number of nitrogens with zero attached hydrogens (tertiary/aromatic N) is 1. The zero-order valence-corrected chi connectivity index (χ0v) is 18.7. The number of benzene rings is 4. The molecular weight excluding hydrogens is 457 g/mol. The van der Waals surface area contributed by atoms with E-state index in [-0.39, 0.29) is 5.56 Å². The molecule has 0 fully saturated rings. The standard InChI is InChI=1S/C27H21F3N2O3/c1-34-25-14-18(16-31-32-26(33)22-7-4-8-23(15-22)27(28,29)30)10-12-24(25)35-17-19-9-11-20-5-2-3-6-21(20)13-19/h2-16H,17H2,1H3,(H,32,33)/b31-16-. The summed E-state index contributed by atoms with van der Waals surface area (Å²) in [5.74, 6) is 0.249. The number of fused-ring (bicyclic) bond motifs is 1. The van der Waals surface area contributed by atoms with Gasteiger partial charge in [0.1, 0.15) is 6.61 Å². The highest BCUT2D eigenvalue weighted by atomic mass is 19.4. The average molecular weight is 478 g/mol. The number of nitrogens with one attached hydrogen (secondary N) is 1. The number of hydrogen-bond donors (Lipinski definition) is 1. The van der Waals surface area contributed by atoms with Crippen LogP contribution in [0, 0.1) is 0 Å². The number of carbonyl (C=O) groups excluding carboxylic acids is 1. The maximum Gasteiger partial charge on any atom is 0.416 e. The first-order valence-corrected chi connectivity index (χ1v) is 10.6. The van der Waals surface area contributed by atoms with Crippen LogP contribution in [0.1, 0.15) is 27.0 Å². The average Bonchev–Trinajstić information content (AvgIpc) is 2.87. The summed E-state index contributed by atoms with van der Waals surface area (Å²) in [5.41, 5.74) is 2.79. The second kappa shape index (κ2) is 10.3. The third-order valence-corrected chi connectivity index (χ3v) is 5.23. The van der Waals surface area contributed by atoms with E-state index in [4.69, 9.17) is 9.47 Å². The molecule has 4 rings (SSSR count). The summed E-state index contributed by atoms with van der Waals surface area (Å²) < 4.78 is 49.8. The van der Waals surface area contributed by atoms with Gasteiger partial charge in [0.25, 0.3) is 5.91 Å². The highest BCUT2D eigenvalue weighted by molar-refractivity contribution is 5.95. The molecule has 1 N–H and O–H groups in total. The van der Waals surface area contributed by atoms with Crippen LogP contribution in [0.3, 0.4) is 0 Å². The first-order valence-electron chi connectivity index (χ1n) is 10.6. The molecule has 4 aromatic carbocycles. The fourth-order valence-electron chi connectivity index (χ4n) is 3.44. The highest BCUT2D eigenvalue weighted by Crippen LogP contribution is 2.30. The summed E-state index contributed by atoms with van der Waals surface area (Å²) in [5, 5.41) is 6.11. The molecule has 0 aliphatic carbocycles. The number of hydrogen-bond acceptors (Lipinski definition) is 4. The molecule has 8 heteroatoms. The Morgan fingerprint density at radius 1 is 0.914 bits per heavy atom. The van der Waals surface area contributed by atoms with Gasteiger partial charge in [-0.05, 0) is 64.4 Å². The van der Waals surface area contributed by atoms with Crippen LogP contribution in [0.4, 0.5) is 13.2 Å². The highest BCUT2D eigenvalue weighted by Gasteiger charge is 2.30. The van der Waals surface area contributed by atoms with E-state index in [0.717, 1.165) is 28.5 Å². The van der Waals surface area contributed by atoms with Crippen LogP contribution in [0.15, 0.2) is 90.0 Å². The smallest absolute Gasteiger partial charge is 0.416 e. The van der Waals surface area contributed by atoms with Crippen molar-refractivity contribution < 1.29 is 27.4 Å². The predicted octanol–water partition coefficient (Wildman–Crippen LogP) is 6.21. The molecule has 0 radical (unpaired) electrons. The monoisotopic (exact) mass is 478 g/mol. The molecule has 178 valence electrons. The van der Waals surface area contributed by atoms with Crippen LogP contribution in [-0.2, 0) is 12.8 Å². The third kappa shape index (κ3) is 5.97. The van der Waals surface area contributed by atoms with Gasteiger partial charge in [-0.3, -0.25) is 4.79 Å². The molecule has 0 heterocycles. The Kier molecular flexibility index (Phi) is 7.01. The van der Waals surface area contributed by atoms with Crippen LogP contribution >= 0.6 is 0 Å². The number of rotatable bonds is 7. The van der Waals surface area contributed by atoms with Gasteiger partial charge in [0.2, 0.25) is 0 Å². The van der Waals surface area contributed by atoms with E-state index in [1.807, 2.05) is 36.4 Å². The van der Waals surface area contributed by atoms with Gasteiger partial charge >= 0.3 is 6.18 Å².